The van der Waals surface area contributed by atoms with Gasteiger partial charge in [0.05, 0.1) is 30.4 Å². The molecule has 0 aliphatic heterocycles. The Kier molecular flexibility index (Phi) is 7.74. The van der Waals surface area contributed by atoms with E-state index in [0.717, 1.165) is 6.42 Å². The maximum atomic E-state index is 6.04. The fraction of sp³-hybridized carbons (Fsp3) is 0.462. The van der Waals surface area contributed by atoms with Crippen LogP contribution in [0.2, 0.25) is 5.02 Å². The van der Waals surface area contributed by atoms with Crippen molar-refractivity contribution >= 4 is 28.8 Å². The molecule has 0 fully saturated rings. The lowest BCUT2D eigenvalue weighted by Gasteiger charge is -2.12. The van der Waals surface area contributed by atoms with Gasteiger partial charge in [0.15, 0.2) is 0 Å². The van der Waals surface area contributed by atoms with Gasteiger partial charge >= 0.3 is 0 Å². The summed E-state index contributed by atoms with van der Waals surface area (Å²) in [5.74, 6) is 0.608. The molecule has 1 aromatic rings. The van der Waals surface area contributed by atoms with Crippen LogP contribution in [-0.4, -0.2) is 38.5 Å². The minimum absolute atomic E-state index is 0.233. The fourth-order valence-corrected chi connectivity index (χ4v) is 1.99. The van der Waals surface area contributed by atoms with E-state index in [1.807, 2.05) is 0 Å². The van der Waals surface area contributed by atoms with Crippen molar-refractivity contribution in [2.24, 2.45) is 5.73 Å². The van der Waals surface area contributed by atoms with E-state index in [9.17, 15) is 0 Å². The molecule has 0 heterocycles. The predicted molar refractivity (Wildman–Crippen MR) is 80.1 cm³/mol. The van der Waals surface area contributed by atoms with Crippen LogP contribution in [0.4, 0.5) is 0 Å². The van der Waals surface area contributed by atoms with Crippen molar-refractivity contribution in [1.82, 2.24) is 0 Å². The molecule has 0 aromatic heterocycles. The second-order valence-corrected chi connectivity index (χ2v) is 4.63. The molecule has 1 rings (SSSR count). The van der Waals surface area contributed by atoms with Gasteiger partial charge < -0.3 is 19.9 Å². The van der Waals surface area contributed by atoms with Crippen LogP contribution in [0.25, 0.3) is 0 Å². The van der Waals surface area contributed by atoms with Gasteiger partial charge in [0, 0.05) is 20.1 Å². The molecule has 19 heavy (non-hydrogen) atoms. The monoisotopic (exact) mass is 303 g/mol. The van der Waals surface area contributed by atoms with Crippen molar-refractivity contribution in [1.29, 1.82) is 0 Å². The molecular weight excluding hydrogens is 286 g/mol. The standard InChI is InChI=1S/C13H18ClNO3S/c1-16-8-9-17-6-3-7-18-11-5-2-4-10(14)12(11)13(15)19/h2,4-5H,3,6-9H2,1H3,(H2,15,19). The number of benzene rings is 1. The second-order valence-electron chi connectivity index (χ2n) is 3.78. The van der Waals surface area contributed by atoms with E-state index >= 15 is 0 Å². The lowest BCUT2D eigenvalue weighted by molar-refractivity contribution is 0.0644. The molecule has 0 saturated carbocycles. The topological polar surface area (TPSA) is 53.7 Å². The number of nitrogens with two attached hydrogens (primary N) is 1. The summed E-state index contributed by atoms with van der Waals surface area (Å²) in [6.45, 7) is 2.32. The molecule has 0 bridgehead atoms. The maximum Gasteiger partial charge on any atom is 0.130 e. The summed E-state index contributed by atoms with van der Waals surface area (Å²) in [6, 6.07) is 5.33. The highest BCUT2D eigenvalue weighted by atomic mass is 35.5. The quantitative estimate of drug-likeness (QED) is 0.561. The Morgan fingerprint density at radius 2 is 2.05 bits per heavy atom. The number of hydrogen-bond donors (Lipinski definition) is 1. The predicted octanol–water partition coefficient (Wildman–Crippen LogP) is 2.41. The van der Waals surface area contributed by atoms with Gasteiger partial charge in [0.25, 0.3) is 0 Å². The Balaban J connectivity index is 2.37. The Labute approximate surface area is 123 Å². The maximum absolute atomic E-state index is 6.04. The first-order valence-electron chi connectivity index (χ1n) is 5.94. The summed E-state index contributed by atoms with van der Waals surface area (Å²) >= 11 is 11.0. The summed E-state index contributed by atoms with van der Waals surface area (Å²) < 4.78 is 15.8. The van der Waals surface area contributed by atoms with Crippen molar-refractivity contribution in [2.75, 3.05) is 33.5 Å². The number of hydrogen-bond acceptors (Lipinski definition) is 4. The fourth-order valence-electron chi connectivity index (χ4n) is 1.45. The molecule has 0 unspecified atom stereocenters. The van der Waals surface area contributed by atoms with Crippen molar-refractivity contribution in [3.63, 3.8) is 0 Å². The Morgan fingerprint density at radius 3 is 2.74 bits per heavy atom. The normalized spacial score (nSPS) is 10.4. The minimum atomic E-state index is 0.233. The summed E-state index contributed by atoms with van der Waals surface area (Å²) in [4.78, 5) is 0.233. The van der Waals surface area contributed by atoms with E-state index < -0.39 is 0 Å². The van der Waals surface area contributed by atoms with Crippen LogP contribution < -0.4 is 10.5 Å². The van der Waals surface area contributed by atoms with Crippen LogP contribution >= 0.6 is 23.8 Å². The van der Waals surface area contributed by atoms with Crippen LogP contribution in [0.15, 0.2) is 18.2 Å². The number of thiocarbonyl (C=S) groups is 1. The number of halogens is 1. The molecule has 0 aliphatic carbocycles. The molecule has 0 spiro atoms. The first-order chi connectivity index (χ1) is 9.16. The second kappa shape index (κ2) is 9.09. The summed E-state index contributed by atoms with van der Waals surface area (Å²) in [5.41, 5.74) is 6.21. The minimum Gasteiger partial charge on any atom is -0.493 e. The molecular formula is C13H18ClNO3S. The van der Waals surface area contributed by atoms with Crippen molar-refractivity contribution in [3.8, 4) is 5.75 Å². The lowest BCUT2D eigenvalue weighted by atomic mass is 10.2. The highest BCUT2D eigenvalue weighted by Gasteiger charge is 2.10. The van der Waals surface area contributed by atoms with Gasteiger partial charge in [0.1, 0.15) is 10.7 Å². The van der Waals surface area contributed by atoms with Crippen LogP contribution in [0.5, 0.6) is 5.75 Å². The summed E-state index contributed by atoms with van der Waals surface area (Å²) in [6.07, 6.45) is 0.771. The van der Waals surface area contributed by atoms with Gasteiger partial charge in [-0.2, -0.15) is 0 Å². The smallest absolute Gasteiger partial charge is 0.130 e. The van der Waals surface area contributed by atoms with Gasteiger partial charge in [-0.25, -0.2) is 0 Å². The number of ether oxygens (including phenoxy) is 3. The molecule has 4 nitrogen and oxygen atoms in total. The molecule has 0 saturated heterocycles. The zero-order valence-electron chi connectivity index (χ0n) is 10.9. The van der Waals surface area contributed by atoms with Crippen LogP contribution in [-0.2, 0) is 9.47 Å². The molecule has 1 aromatic carbocycles. The van der Waals surface area contributed by atoms with E-state index in [4.69, 9.17) is 43.8 Å². The van der Waals surface area contributed by atoms with Crippen molar-refractivity contribution in [2.45, 2.75) is 6.42 Å². The van der Waals surface area contributed by atoms with E-state index in [2.05, 4.69) is 0 Å². The van der Waals surface area contributed by atoms with Crippen LogP contribution in [0, 0.1) is 0 Å². The molecule has 2 N–H and O–H groups in total. The molecule has 0 atom stereocenters. The summed E-state index contributed by atoms with van der Waals surface area (Å²) in [5, 5.41) is 0.501. The third-order valence-electron chi connectivity index (χ3n) is 2.34. The SMILES string of the molecule is COCCOCCCOc1cccc(Cl)c1C(N)=S. The van der Waals surface area contributed by atoms with E-state index in [1.54, 1.807) is 25.3 Å². The van der Waals surface area contributed by atoms with E-state index in [-0.39, 0.29) is 4.99 Å². The molecule has 6 heteroatoms. The van der Waals surface area contributed by atoms with E-state index in [0.29, 0.717) is 42.8 Å². The number of methoxy groups -OCH3 is 1. The largest absolute Gasteiger partial charge is 0.493 e. The van der Waals surface area contributed by atoms with Gasteiger partial charge in [-0.1, -0.05) is 29.9 Å². The average Bonchev–Trinajstić information content (AvgIpc) is 2.37. The molecule has 0 amide bonds. The Morgan fingerprint density at radius 1 is 1.26 bits per heavy atom. The first kappa shape index (κ1) is 16.2. The lowest BCUT2D eigenvalue weighted by Crippen LogP contribution is -2.13. The van der Waals surface area contributed by atoms with E-state index in [1.165, 1.54) is 0 Å². The van der Waals surface area contributed by atoms with Gasteiger partial charge in [-0.3, -0.25) is 0 Å². The highest BCUT2D eigenvalue weighted by Crippen LogP contribution is 2.26. The van der Waals surface area contributed by atoms with Crippen molar-refractivity contribution < 1.29 is 14.2 Å². The van der Waals surface area contributed by atoms with Crippen LogP contribution in [0.3, 0.4) is 0 Å². The molecule has 106 valence electrons. The zero-order valence-corrected chi connectivity index (χ0v) is 12.4. The molecule has 0 radical (unpaired) electrons. The third kappa shape index (κ3) is 5.74. The average molecular weight is 304 g/mol. The van der Waals surface area contributed by atoms with Gasteiger partial charge in [-0.05, 0) is 12.1 Å². The van der Waals surface area contributed by atoms with Crippen LogP contribution in [0.1, 0.15) is 12.0 Å². The van der Waals surface area contributed by atoms with Gasteiger partial charge in [0.2, 0.25) is 0 Å². The third-order valence-corrected chi connectivity index (χ3v) is 2.86. The number of rotatable bonds is 9. The Hall–Kier alpha value is -0.880. The van der Waals surface area contributed by atoms with Crippen molar-refractivity contribution in [3.05, 3.63) is 28.8 Å². The Bertz CT molecular complexity index is 415. The summed E-state index contributed by atoms with van der Waals surface area (Å²) in [7, 11) is 1.64. The first-order valence-corrected chi connectivity index (χ1v) is 6.73. The molecule has 0 aliphatic rings. The highest BCUT2D eigenvalue weighted by molar-refractivity contribution is 7.80. The van der Waals surface area contributed by atoms with Gasteiger partial charge in [-0.15, -0.1) is 0 Å². The zero-order chi connectivity index (χ0) is 14.1.